The van der Waals surface area contributed by atoms with Crippen LogP contribution in [0.25, 0.3) is 0 Å². The minimum Gasteiger partial charge on any atom is -0.465 e. The van der Waals surface area contributed by atoms with Gasteiger partial charge in [0.05, 0.1) is 12.5 Å². The minimum atomic E-state index is -0.0746. The maximum atomic E-state index is 11.2. The molecule has 0 rings (SSSR count). The first-order valence-electron chi connectivity index (χ1n) is 6.60. The van der Waals surface area contributed by atoms with Crippen molar-refractivity contribution in [2.24, 2.45) is 17.8 Å². The molecule has 16 heavy (non-hydrogen) atoms. The van der Waals surface area contributed by atoms with Crippen molar-refractivity contribution in [1.29, 1.82) is 0 Å². The normalized spacial score (nSPS) is 13.2. The summed E-state index contributed by atoms with van der Waals surface area (Å²) in [7, 11) is 0. The van der Waals surface area contributed by atoms with Crippen LogP contribution in [0.4, 0.5) is 0 Å². The van der Waals surface area contributed by atoms with Gasteiger partial charge in [0.1, 0.15) is 0 Å². The van der Waals surface area contributed by atoms with Crippen LogP contribution in [0.2, 0.25) is 0 Å². The molecule has 2 heteroatoms. The van der Waals surface area contributed by atoms with Crippen LogP contribution in [-0.4, -0.2) is 12.6 Å². The Morgan fingerprint density at radius 2 is 1.62 bits per heavy atom. The average Bonchev–Trinajstić information content (AvgIpc) is 2.16. The van der Waals surface area contributed by atoms with Gasteiger partial charge in [0.25, 0.3) is 0 Å². The zero-order valence-corrected chi connectivity index (χ0v) is 11.6. The van der Waals surface area contributed by atoms with Gasteiger partial charge in [-0.3, -0.25) is 4.79 Å². The van der Waals surface area contributed by atoms with Gasteiger partial charge >= 0.3 is 5.97 Å². The Morgan fingerprint density at radius 3 is 2.12 bits per heavy atom. The summed E-state index contributed by atoms with van der Waals surface area (Å²) in [6, 6.07) is 0. The fourth-order valence-corrected chi connectivity index (χ4v) is 1.55. The number of ether oxygens (including phenoxy) is 1. The molecule has 1 unspecified atom stereocenters. The molecule has 0 aliphatic carbocycles. The fourth-order valence-electron chi connectivity index (χ4n) is 1.55. The summed E-state index contributed by atoms with van der Waals surface area (Å²) in [5.74, 6) is 1.38. The summed E-state index contributed by atoms with van der Waals surface area (Å²) in [5.41, 5.74) is 0. The summed E-state index contributed by atoms with van der Waals surface area (Å²) in [4.78, 5) is 11.2. The van der Waals surface area contributed by atoms with Crippen molar-refractivity contribution in [1.82, 2.24) is 0 Å². The molecule has 0 fully saturated rings. The lowest BCUT2D eigenvalue weighted by Gasteiger charge is -2.13. The van der Waals surface area contributed by atoms with Gasteiger partial charge in [-0.1, -0.05) is 53.9 Å². The highest BCUT2D eigenvalue weighted by molar-refractivity contribution is 5.71. The van der Waals surface area contributed by atoms with Crippen LogP contribution >= 0.6 is 0 Å². The van der Waals surface area contributed by atoms with Gasteiger partial charge in [0.15, 0.2) is 0 Å². The third-order valence-corrected chi connectivity index (χ3v) is 2.80. The van der Waals surface area contributed by atoms with Crippen LogP contribution in [0.1, 0.15) is 60.3 Å². The molecule has 96 valence electrons. The molecule has 0 aromatic carbocycles. The third-order valence-electron chi connectivity index (χ3n) is 2.80. The first kappa shape index (κ1) is 15.5. The van der Waals surface area contributed by atoms with Crippen molar-refractivity contribution in [3.05, 3.63) is 0 Å². The van der Waals surface area contributed by atoms with E-state index in [1.807, 2.05) is 13.8 Å². The second kappa shape index (κ2) is 8.60. The van der Waals surface area contributed by atoms with E-state index in [2.05, 4.69) is 20.8 Å². The Kier molecular flexibility index (Phi) is 8.32. The molecule has 2 nitrogen and oxygen atoms in total. The third kappa shape index (κ3) is 8.75. The smallest absolute Gasteiger partial charge is 0.308 e. The summed E-state index contributed by atoms with van der Waals surface area (Å²) in [5, 5.41) is 0. The van der Waals surface area contributed by atoms with Crippen LogP contribution in [0.5, 0.6) is 0 Å². The van der Waals surface area contributed by atoms with E-state index in [1.165, 1.54) is 19.3 Å². The summed E-state index contributed by atoms with van der Waals surface area (Å²) < 4.78 is 5.16. The Balaban J connectivity index is 3.43. The van der Waals surface area contributed by atoms with Crippen molar-refractivity contribution in [2.75, 3.05) is 6.61 Å². The molecular weight excluding hydrogens is 200 g/mol. The SMILES string of the molecule is CC(C)CCCC(C)CCOC(=O)C(C)C. The van der Waals surface area contributed by atoms with Crippen LogP contribution in [-0.2, 0) is 9.53 Å². The van der Waals surface area contributed by atoms with E-state index in [1.54, 1.807) is 0 Å². The molecule has 0 amide bonds. The minimum absolute atomic E-state index is 0.00347. The predicted molar refractivity (Wildman–Crippen MR) is 68.3 cm³/mol. The zero-order chi connectivity index (χ0) is 12.6. The quantitative estimate of drug-likeness (QED) is 0.586. The van der Waals surface area contributed by atoms with E-state index in [0.717, 1.165) is 12.3 Å². The number of hydrogen-bond donors (Lipinski definition) is 0. The predicted octanol–water partition coefficient (Wildman–Crippen LogP) is 4.04. The first-order chi connectivity index (χ1) is 7.43. The molecule has 0 N–H and O–H groups in total. The summed E-state index contributed by atoms with van der Waals surface area (Å²) in [6.07, 6.45) is 4.83. The lowest BCUT2D eigenvalue weighted by Crippen LogP contribution is -2.13. The van der Waals surface area contributed by atoms with E-state index in [0.29, 0.717) is 12.5 Å². The highest BCUT2D eigenvalue weighted by Gasteiger charge is 2.09. The van der Waals surface area contributed by atoms with Gasteiger partial charge in [-0.15, -0.1) is 0 Å². The molecule has 0 aromatic heterocycles. The molecular formula is C14H28O2. The lowest BCUT2D eigenvalue weighted by molar-refractivity contribution is -0.147. The number of carbonyl (C=O) groups excluding carboxylic acids is 1. The summed E-state index contributed by atoms with van der Waals surface area (Å²) in [6.45, 7) is 11.1. The van der Waals surface area contributed by atoms with Crippen molar-refractivity contribution >= 4 is 5.97 Å². The number of carbonyl (C=O) groups is 1. The Morgan fingerprint density at radius 1 is 1.00 bits per heavy atom. The van der Waals surface area contributed by atoms with Crippen molar-refractivity contribution < 1.29 is 9.53 Å². The maximum Gasteiger partial charge on any atom is 0.308 e. The zero-order valence-electron chi connectivity index (χ0n) is 11.6. The topological polar surface area (TPSA) is 26.3 Å². The molecule has 0 aromatic rings. The van der Waals surface area contributed by atoms with Crippen LogP contribution < -0.4 is 0 Å². The van der Waals surface area contributed by atoms with E-state index in [9.17, 15) is 4.79 Å². The highest BCUT2D eigenvalue weighted by Crippen LogP contribution is 2.15. The number of hydrogen-bond acceptors (Lipinski definition) is 2. The Labute approximate surface area is 101 Å². The molecule has 0 aliphatic heterocycles. The second-order valence-corrected chi connectivity index (χ2v) is 5.54. The molecule has 0 spiro atoms. The average molecular weight is 228 g/mol. The van der Waals surface area contributed by atoms with Gasteiger partial charge < -0.3 is 4.74 Å². The van der Waals surface area contributed by atoms with Crippen LogP contribution in [0.3, 0.4) is 0 Å². The van der Waals surface area contributed by atoms with Gasteiger partial charge in [-0.25, -0.2) is 0 Å². The monoisotopic (exact) mass is 228 g/mol. The fraction of sp³-hybridized carbons (Fsp3) is 0.929. The molecule has 0 heterocycles. The van der Waals surface area contributed by atoms with Gasteiger partial charge in [-0.2, -0.15) is 0 Å². The van der Waals surface area contributed by atoms with E-state index >= 15 is 0 Å². The van der Waals surface area contributed by atoms with Gasteiger partial charge in [-0.05, 0) is 18.3 Å². The molecule has 0 bridgehead atoms. The number of esters is 1. The maximum absolute atomic E-state index is 11.2. The Bertz CT molecular complexity index is 185. The molecule has 0 saturated carbocycles. The van der Waals surface area contributed by atoms with Crippen molar-refractivity contribution in [3.63, 3.8) is 0 Å². The standard InChI is InChI=1S/C14H28O2/c1-11(2)7-6-8-13(5)9-10-16-14(15)12(3)4/h11-13H,6-10H2,1-5H3. The van der Waals surface area contributed by atoms with Crippen LogP contribution in [0, 0.1) is 17.8 Å². The number of rotatable bonds is 8. The Hall–Kier alpha value is -0.530. The van der Waals surface area contributed by atoms with E-state index in [4.69, 9.17) is 4.74 Å². The van der Waals surface area contributed by atoms with Gasteiger partial charge in [0, 0.05) is 0 Å². The molecule has 0 aliphatic rings. The second-order valence-electron chi connectivity index (χ2n) is 5.54. The van der Waals surface area contributed by atoms with E-state index in [-0.39, 0.29) is 11.9 Å². The van der Waals surface area contributed by atoms with Crippen molar-refractivity contribution in [3.8, 4) is 0 Å². The first-order valence-corrected chi connectivity index (χ1v) is 6.60. The van der Waals surface area contributed by atoms with Crippen LogP contribution in [0.15, 0.2) is 0 Å². The van der Waals surface area contributed by atoms with Gasteiger partial charge in [0.2, 0.25) is 0 Å². The lowest BCUT2D eigenvalue weighted by atomic mass is 9.98. The van der Waals surface area contributed by atoms with Crippen molar-refractivity contribution in [2.45, 2.75) is 60.3 Å². The molecule has 0 saturated heterocycles. The van der Waals surface area contributed by atoms with E-state index < -0.39 is 0 Å². The largest absolute Gasteiger partial charge is 0.465 e. The summed E-state index contributed by atoms with van der Waals surface area (Å²) >= 11 is 0. The molecule has 1 atom stereocenters. The molecule has 0 radical (unpaired) electrons. The highest BCUT2D eigenvalue weighted by atomic mass is 16.5.